The van der Waals surface area contributed by atoms with Gasteiger partial charge in [-0.1, -0.05) is 44.7 Å². The number of rotatable bonds is 4. The summed E-state index contributed by atoms with van der Waals surface area (Å²) in [5.74, 6) is -0.172. The number of alkyl halides is 3. The molecule has 0 bridgehead atoms. The van der Waals surface area contributed by atoms with Gasteiger partial charge < -0.3 is 5.32 Å². The van der Waals surface area contributed by atoms with E-state index in [1.54, 1.807) is 0 Å². The van der Waals surface area contributed by atoms with Crippen LogP contribution >= 0.6 is 11.8 Å². The Bertz CT molecular complexity index is 720. The van der Waals surface area contributed by atoms with Crippen LogP contribution in [0.3, 0.4) is 0 Å². The molecule has 0 spiro atoms. The van der Waals surface area contributed by atoms with Crippen LogP contribution in [-0.4, -0.2) is 16.6 Å². The molecule has 0 aliphatic heterocycles. The molecule has 0 saturated heterocycles. The average Bonchev–Trinajstić information content (AvgIpc) is 2.52. The summed E-state index contributed by atoms with van der Waals surface area (Å²) in [6.07, 6.45) is -3.64. The topological polar surface area (TPSA) is 42.0 Å². The van der Waals surface area contributed by atoms with Crippen molar-refractivity contribution in [3.8, 4) is 0 Å². The Labute approximate surface area is 149 Å². The van der Waals surface area contributed by atoms with E-state index in [0.29, 0.717) is 10.7 Å². The Hall–Kier alpha value is -2.02. The van der Waals surface area contributed by atoms with E-state index in [1.165, 1.54) is 6.07 Å². The fourth-order valence-corrected chi connectivity index (χ4v) is 2.67. The summed E-state index contributed by atoms with van der Waals surface area (Å²) in [5, 5.41) is 3.13. The van der Waals surface area contributed by atoms with E-state index in [2.05, 4.69) is 31.1 Å². The molecule has 1 N–H and O–H groups in total. The van der Waals surface area contributed by atoms with Gasteiger partial charge in [-0.15, -0.1) is 0 Å². The molecule has 3 nitrogen and oxygen atoms in total. The van der Waals surface area contributed by atoms with Gasteiger partial charge in [-0.3, -0.25) is 4.79 Å². The van der Waals surface area contributed by atoms with E-state index < -0.39 is 11.7 Å². The molecule has 0 aliphatic rings. The van der Waals surface area contributed by atoms with Crippen molar-refractivity contribution in [3.05, 3.63) is 53.7 Å². The molecule has 134 valence electrons. The quantitative estimate of drug-likeness (QED) is 0.761. The van der Waals surface area contributed by atoms with Crippen molar-refractivity contribution in [1.29, 1.82) is 0 Å². The standard InChI is InChI=1S/C18H19F3N2OS/c1-17(2,3)12-4-7-14(8-5-12)23-15(24)11-25-16-9-6-13(10-22-16)18(19,20)21/h4-10H,11H2,1-3H3,(H,23,24). The average molecular weight is 368 g/mol. The van der Waals surface area contributed by atoms with E-state index in [-0.39, 0.29) is 17.1 Å². The van der Waals surface area contributed by atoms with Gasteiger partial charge in [0.05, 0.1) is 16.3 Å². The number of nitrogens with zero attached hydrogens (tertiary/aromatic N) is 1. The first-order valence-electron chi connectivity index (χ1n) is 7.62. The van der Waals surface area contributed by atoms with Crippen molar-refractivity contribution in [1.82, 2.24) is 4.98 Å². The van der Waals surface area contributed by atoms with Gasteiger partial charge in [0.15, 0.2) is 0 Å². The van der Waals surface area contributed by atoms with Gasteiger partial charge in [0.1, 0.15) is 0 Å². The minimum Gasteiger partial charge on any atom is -0.325 e. The number of aromatic nitrogens is 1. The van der Waals surface area contributed by atoms with E-state index in [9.17, 15) is 18.0 Å². The number of benzene rings is 1. The molecule has 0 radical (unpaired) electrons. The maximum atomic E-state index is 12.5. The van der Waals surface area contributed by atoms with Crippen LogP contribution in [0, 0.1) is 0 Å². The molecule has 0 unspecified atom stereocenters. The lowest BCUT2D eigenvalue weighted by molar-refractivity contribution is -0.137. The third-order valence-electron chi connectivity index (χ3n) is 3.45. The largest absolute Gasteiger partial charge is 0.417 e. The van der Waals surface area contributed by atoms with Gasteiger partial charge in [-0.05, 0) is 35.2 Å². The summed E-state index contributed by atoms with van der Waals surface area (Å²) in [4.78, 5) is 15.7. The van der Waals surface area contributed by atoms with Crippen LogP contribution in [-0.2, 0) is 16.4 Å². The van der Waals surface area contributed by atoms with E-state index in [0.717, 1.165) is 29.6 Å². The molecular weight excluding hydrogens is 349 g/mol. The zero-order valence-corrected chi connectivity index (χ0v) is 15.0. The molecule has 7 heteroatoms. The van der Waals surface area contributed by atoms with Crippen molar-refractivity contribution in [2.75, 3.05) is 11.1 Å². The highest BCUT2D eigenvalue weighted by atomic mass is 32.2. The van der Waals surface area contributed by atoms with Gasteiger partial charge in [-0.2, -0.15) is 13.2 Å². The SMILES string of the molecule is CC(C)(C)c1ccc(NC(=O)CSc2ccc(C(F)(F)F)cn2)cc1. The monoisotopic (exact) mass is 368 g/mol. The molecule has 0 fully saturated rings. The summed E-state index contributed by atoms with van der Waals surface area (Å²) in [5.41, 5.74) is 1.07. The number of hydrogen-bond acceptors (Lipinski definition) is 3. The molecule has 0 atom stereocenters. The van der Waals surface area contributed by atoms with Crippen LogP contribution in [0.2, 0.25) is 0 Å². The van der Waals surface area contributed by atoms with Crippen LogP contribution in [0.4, 0.5) is 18.9 Å². The highest BCUT2D eigenvalue weighted by molar-refractivity contribution is 7.99. The fraction of sp³-hybridized carbons (Fsp3) is 0.333. The Balaban J connectivity index is 1.88. The van der Waals surface area contributed by atoms with Gasteiger partial charge in [-0.25, -0.2) is 4.98 Å². The summed E-state index contributed by atoms with van der Waals surface area (Å²) in [6, 6.07) is 9.80. The minimum absolute atomic E-state index is 0.0344. The van der Waals surface area contributed by atoms with Crippen molar-refractivity contribution in [3.63, 3.8) is 0 Å². The molecule has 1 aromatic carbocycles. The molecule has 1 aromatic heterocycles. The molecule has 0 saturated carbocycles. The predicted octanol–water partition coefficient (Wildman–Crippen LogP) is 5.13. The van der Waals surface area contributed by atoms with Crippen LogP contribution < -0.4 is 5.32 Å². The number of pyridine rings is 1. The number of amides is 1. The molecule has 1 heterocycles. The van der Waals surface area contributed by atoms with Crippen LogP contribution in [0.1, 0.15) is 31.9 Å². The first-order valence-corrected chi connectivity index (χ1v) is 8.61. The van der Waals surface area contributed by atoms with Gasteiger partial charge in [0, 0.05) is 11.9 Å². The lowest BCUT2D eigenvalue weighted by Crippen LogP contribution is -2.15. The highest BCUT2D eigenvalue weighted by Crippen LogP contribution is 2.29. The van der Waals surface area contributed by atoms with Crippen molar-refractivity contribution in [2.24, 2.45) is 0 Å². The van der Waals surface area contributed by atoms with Gasteiger partial charge in [0.2, 0.25) is 5.91 Å². The number of carbonyl (C=O) groups excluding carboxylic acids is 1. The van der Waals surface area contributed by atoms with Crippen LogP contribution in [0.25, 0.3) is 0 Å². The lowest BCUT2D eigenvalue weighted by atomic mass is 9.87. The smallest absolute Gasteiger partial charge is 0.325 e. The molecule has 0 aliphatic carbocycles. The third kappa shape index (κ3) is 5.77. The molecule has 25 heavy (non-hydrogen) atoms. The fourth-order valence-electron chi connectivity index (χ4n) is 2.02. The second kappa shape index (κ2) is 7.47. The summed E-state index contributed by atoms with van der Waals surface area (Å²) in [6.45, 7) is 6.32. The number of halogens is 3. The van der Waals surface area contributed by atoms with Gasteiger partial charge >= 0.3 is 6.18 Å². The molecule has 1 amide bonds. The number of anilines is 1. The van der Waals surface area contributed by atoms with E-state index in [4.69, 9.17) is 0 Å². The maximum Gasteiger partial charge on any atom is 0.417 e. The predicted molar refractivity (Wildman–Crippen MR) is 93.7 cm³/mol. The first kappa shape index (κ1) is 19.3. The normalized spacial score (nSPS) is 12.1. The van der Waals surface area contributed by atoms with Crippen molar-refractivity contribution in [2.45, 2.75) is 37.4 Å². The highest BCUT2D eigenvalue weighted by Gasteiger charge is 2.30. The Kier molecular flexibility index (Phi) is 5.77. The Morgan fingerprint density at radius 1 is 1.04 bits per heavy atom. The van der Waals surface area contributed by atoms with E-state index >= 15 is 0 Å². The molecule has 2 aromatic rings. The third-order valence-corrected chi connectivity index (χ3v) is 4.39. The maximum absolute atomic E-state index is 12.5. The zero-order valence-electron chi connectivity index (χ0n) is 14.1. The Morgan fingerprint density at radius 2 is 1.64 bits per heavy atom. The number of thioether (sulfide) groups is 1. The summed E-state index contributed by atoms with van der Waals surface area (Å²) < 4.78 is 37.4. The van der Waals surface area contributed by atoms with Crippen LogP contribution in [0.5, 0.6) is 0 Å². The zero-order chi connectivity index (χ0) is 18.7. The van der Waals surface area contributed by atoms with Crippen molar-refractivity contribution < 1.29 is 18.0 Å². The molecule has 2 rings (SSSR count). The second-order valence-electron chi connectivity index (χ2n) is 6.55. The first-order chi connectivity index (χ1) is 11.6. The van der Waals surface area contributed by atoms with Gasteiger partial charge in [0.25, 0.3) is 0 Å². The Morgan fingerprint density at radius 3 is 2.12 bits per heavy atom. The molecular formula is C18H19F3N2OS. The summed E-state index contributed by atoms with van der Waals surface area (Å²) in [7, 11) is 0. The number of nitrogens with one attached hydrogen (secondary N) is 1. The minimum atomic E-state index is -4.41. The second-order valence-corrected chi connectivity index (χ2v) is 7.54. The van der Waals surface area contributed by atoms with Crippen molar-refractivity contribution >= 4 is 23.4 Å². The van der Waals surface area contributed by atoms with E-state index in [1.807, 2.05) is 24.3 Å². The lowest BCUT2D eigenvalue weighted by Gasteiger charge is -2.19. The van der Waals surface area contributed by atoms with Crippen LogP contribution in [0.15, 0.2) is 47.6 Å². The number of carbonyl (C=O) groups is 1. The number of hydrogen-bond donors (Lipinski definition) is 1. The summed E-state index contributed by atoms with van der Waals surface area (Å²) >= 11 is 1.08.